The van der Waals surface area contributed by atoms with E-state index in [0.717, 1.165) is 23.4 Å². The van der Waals surface area contributed by atoms with Gasteiger partial charge >= 0.3 is 0 Å². The van der Waals surface area contributed by atoms with Crippen molar-refractivity contribution < 1.29 is 4.42 Å². The van der Waals surface area contributed by atoms with Crippen LogP contribution >= 0.6 is 27.3 Å². The SMILES string of the molecule is CCCNC(c1ccc(Br)o1)c1cc2c(s1)CCCC2. The summed E-state index contributed by atoms with van der Waals surface area (Å²) in [5, 5.41) is 3.62. The van der Waals surface area contributed by atoms with Crippen molar-refractivity contribution >= 4 is 27.3 Å². The Morgan fingerprint density at radius 2 is 2.20 bits per heavy atom. The number of aryl methyl sites for hydroxylation is 2. The highest BCUT2D eigenvalue weighted by Crippen LogP contribution is 2.36. The Balaban J connectivity index is 1.90. The van der Waals surface area contributed by atoms with Gasteiger partial charge in [0.25, 0.3) is 0 Å². The molecule has 2 nitrogen and oxygen atoms in total. The topological polar surface area (TPSA) is 25.2 Å². The number of thiophene rings is 1. The zero-order valence-electron chi connectivity index (χ0n) is 11.7. The lowest BCUT2D eigenvalue weighted by atomic mass is 9.98. The molecule has 1 aliphatic rings. The lowest BCUT2D eigenvalue weighted by molar-refractivity contribution is 0.435. The van der Waals surface area contributed by atoms with Crippen LogP contribution in [0.15, 0.2) is 27.3 Å². The highest BCUT2D eigenvalue weighted by molar-refractivity contribution is 9.10. The lowest BCUT2D eigenvalue weighted by Gasteiger charge is -2.14. The smallest absolute Gasteiger partial charge is 0.169 e. The van der Waals surface area contributed by atoms with Crippen molar-refractivity contribution in [2.24, 2.45) is 0 Å². The highest BCUT2D eigenvalue weighted by atomic mass is 79.9. The van der Waals surface area contributed by atoms with Crippen LogP contribution in [0.2, 0.25) is 0 Å². The molecule has 2 aromatic heterocycles. The molecule has 0 saturated heterocycles. The number of halogens is 1. The zero-order chi connectivity index (χ0) is 13.9. The van der Waals surface area contributed by atoms with Crippen LogP contribution in [0, 0.1) is 0 Å². The molecule has 1 aliphatic carbocycles. The van der Waals surface area contributed by atoms with E-state index in [1.165, 1.54) is 30.6 Å². The van der Waals surface area contributed by atoms with E-state index in [4.69, 9.17) is 4.42 Å². The molecule has 0 spiro atoms. The van der Waals surface area contributed by atoms with Gasteiger partial charge in [-0.05, 0) is 78.3 Å². The molecule has 108 valence electrons. The third-order valence-electron chi connectivity index (χ3n) is 3.78. The van der Waals surface area contributed by atoms with Gasteiger partial charge in [0, 0.05) is 9.75 Å². The number of rotatable bonds is 5. The van der Waals surface area contributed by atoms with E-state index in [9.17, 15) is 0 Å². The van der Waals surface area contributed by atoms with Gasteiger partial charge in [0.05, 0.1) is 0 Å². The van der Waals surface area contributed by atoms with Gasteiger partial charge in [-0.2, -0.15) is 0 Å². The summed E-state index contributed by atoms with van der Waals surface area (Å²) in [6, 6.07) is 6.62. The molecule has 2 aromatic rings. The quantitative estimate of drug-likeness (QED) is 0.811. The van der Waals surface area contributed by atoms with Crippen molar-refractivity contribution in [2.75, 3.05) is 6.54 Å². The van der Waals surface area contributed by atoms with Gasteiger partial charge in [0.15, 0.2) is 4.67 Å². The number of hydrogen-bond acceptors (Lipinski definition) is 3. The molecule has 0 aliphatic heterocycles. The summed E-state index contributed by atoms with van der Waals surface area (Å²) in [4.78, 5) is 2.98. The molecule has 1 atom stereocenters. The van der Waals surface area contributed by atoms with Gasteiger partial charge in [-0.1, -0.05) is 6.92 Å². The molecule has 20 heavy (non-hydrogen) atoms. The van der Waals surface area contributed by atoms with Crippen LogP contribution in [0.3, 0.4) is 0 Å². The second-order valence-electron chi connectivity index (χ2n) is 5.33. The lowest BCUT2D eigenvalue weighted by Crippen LogP contribution is -2.21. The van der Waals surface area contributed by atoms with E-state index in [-0.39, 0.29) is 6.04 Å². The van der Waals surface area contributed by atoms with Crippen LogP contribution in [0.4, 0.5) is 0 Å². The van der Waals surface area contributed by atoms with Gasteiger partial charge in [-0.15, -0.1) is 11.3 Å². The van der Waals surface area contributed by atoms with Crippen molar-refractivity contribution in [3.63, 3.8) is 0 Å². The zero-order valence-corrected chi connectivity index (χ0v) is 14.1. The molecule has 0 saturated carbocycles. The first-order valence-electron chi connectivity index (χ1n) is 7.38. The summed E-state index contributed by atoms with van der Waals surface area (Å²) in [7, 11) is 0. The van der Waals surface area contributed by atoms with E-state index in [2.05, 4.69) is 40.3 Å². The minimum absolute atomic E-state index is 0.192. The Morgan fingerprint density at radius 3 is 2.90 bits per heavy atom. The predicted molar refractivity (Wildman–Crippen MR) is 87.5 cm³/mol. The number of nitrogens with one attached hydrogen (secondary N) is 1. The van der Waals surface area contributed by atoms with Crippen molar-refractivity contribution in [3.05, 3.63) is 43.9 Å². The van der Waals surface area contributed by atoms with Crippen molar-refractivity contribution in [2.45, 2.75) is 45.1 Å². The van der Waals surface area contributed by atoms with Gasteiger partial charge in [0.2, 0.25) is 0 Å². The molecular weight excluding hydrogens is 334 g/mol. The molecule has 0 amide bonds. The average molecular weight is 354 g/mol. The first-order valence-corrected chi connectivity index (χ1v) is 8.99. The van der Waals surface area contributed by atoms with Crippen molar-refractivity contribution in [3.8, 4) is 0 Å². The first-order chi connectivity index (χ1) is 9.78. The second kappa shape index (κ2) is 6.46. The van der Waals surface area contributed by atoms with Crippen LogP contribution < -0.4 is 5.32 Å². The van der Waals surface area contributed by atoms with Crippen LogP contribution in [0.25, 0.3) is 0 Å². The van der Waals surface area contributed by atoms with E-state index in [0.29, 0.717) is 0 Å². The fourth-order valence-electron chi connectivity index (χ4n) is 2.77. The minimum atomic E-state index is 0.192. The summed E-state index contributed by atoms with van der Waals surface area (Å²) >= 11 is 5.37. The Kier molecular flexibility index (Phi) is 4.64. The third kappa shape index (κ3) is 3.02. The number of furan rings is 1. The maximum atomic E-state index is 5.79. The molecule has 1 N–H and O–H groups in total. The first kappa shape index (κ1) is 14.4. The summed E-state index contributed by atoms with van der Waals surface area (Å²) in [5.74, 6) is 1.00. The maximum Gasteiger partial charge on any atom is 0.169 e. The van der Waals surface area contributed by atoms with Gasteiger partial charge < -0.3 is 9.73 Å². The van der Waals surface area contributed by atoms with Gasteiger partial charge in [-0.25, -0.2) is 0 Å². The molecule has 0 bridgehead atoms. The molecule has 0 radical (unpaired) electrons. The van der Waals surface area contributed by atoms with E-state index in [1.54, 1.807) is 10.4 Å². The van der Waals surface area contributed by atoms with E-state index < -0.39 is 0 Å². The predicted octanol–water partition coefficient (Wildman–Crippen LogP) is 5.07. The summed E-state index contributed by atoms with van der Waals surface area (Å²) < 4.78 is 6.59. The molecule has 2 heterocycles. The molecule has 4 heteroatoms. The normalized spacial score (nSPS) is 16.1. The average Bonchev–Trinajstić information content (AvgIpc) is 3.05. The summed E-state index contributed by atoms with van der Waals surface area (Å²) in [6.07, 6.45) is 6.30. The fourth-order valence-corrected chi connectivity index (χ4v) is 4.43. The van der Waals surface area contributed by atoms with E-state index >= 15 is 0 Å². The highest BCUT2D eigenvalue weighted by Gasteiger charge is 2.22. The third-order valence-corrected chi connectivity index (χ3v) is 5.51. The van der Waals surface area contributed by atoms with Crippen LogP contribution in [0.1, 0.15) is 53.3 Å². The van der Waals surface area contributed by atoms with Crippen LogP contribution in [0.5, 0.6) is 0 Å². The number of hydrogen-bond donors (Lipinski definition) is 1. The molecule has 0 fully saturated rings. The van der Waals surface area contributed by atoms with Gasteiger partial charge in [0.1, 0.15) is 11.8 Å². The van der Waals surface area contributed by atoms with Gasteiger partial charge in [-0.3, -0.25) is 0 Å². The maximum absolute atomic E-state index is 5.79. The number of fused-ring (bicyclic) bond motifs is 1. The molecule has 1 unspecified atom stereocenters. The van der Waals surface area contributed by atoms with Crippen molar-refractivity contribution in [1.29, 1.82) is 0 Å². The molecular formula is C16H20BrNOS. The molecule has 3 rings (SSSR count). The van der Waals surface area contributed by atoms with Crippen LogP contribution in [-0.4, -0.2) is 6.54 Å². The summed E-state index contributed by atoms with van der Waals surface area (Å²) in [5.41, 5.74) is 1.56. The van der Waals surface area contributed by atoms with Crippen LogP contribution in [-0.2, 0) is 12.8 Å². The fraction of sp³-hybridized carbons (Fsp3) is 0.500. The van der Waals surface area contributed by atoms with Crippen molar-refractivity contribution in [1.82, 2.24) is 5.32 Å². The standard InChI is InChI=1S/C16H20BrNOS/c1-2-9-18-16(12-7-8-15(17)19-12)14-10-11-5-3-4-6-13(11)20-14/h7-8,10,16,18H,2-6,9H2,1H3. The largest absolute Gasteiger partial charge is 0.452 e. The summed E-state index contributed by atoms with van der Waals surface area (Å²) in [6.45, 7) is 3.20. The monoisotopic (exact) mass is 353 g/mol. The molecule has 0 aromatic carbocycles. The Labute approximate surface area is 132 Å². The minimum Gasteiger partial charge on any atom is -0.452 e. The Morgan fingerprint density at radius 1 is 1.35 bits per heavy atom. The Hall–Kier alpha value is -0.580. The Bertz CT molecular complexity index is 551. The second-order valence-corrected chi connectivity index (χ2v) is 7.28. The van der Waals surface area contributed by atoms with E-state index in [1.807, 2.05) is 17.4 Å².